The third kappa shape index (κ3) is 3.87. The number of hydrogen-bond acceptors (Lipinski definition) is 6. The monoisotopic (exact) mass is 489 g/mol. The first kappa shape index (κ1) is 22.5. The minimum atomic E-state index is -0.998. The van der Waals surface area contributed by atoms with E-state index in [1.165, 1.54) is 23.1 Å². The molecule has 1 aromatic heterocycles. The summed E-state index contributed by atoms with van der Waals surface area (Å²) < 4.78 is 5.52. The number of nitrogens with zero attached hydrogens (tertiary/aromatic N) is 2. The average molecular weight is 490 g/mol. The van der Waals surface area contributed by atoms with Crippen LogP contribution in [-0.4, -0.2) is 38.5 Å². The number of rotatable bonds is 5. The van der Waals surface area contributed by atoms with E-state index in [1.54, 1.807) is 43.3 Å². The van der Waals surface area contributed by atoms with Crippen LogP contribution in [0.25, 0.3) is 16.8 Å². The van der Waals surface area contributed by atoms with Gasteiger partial charge in [-0.05, 0) is 55.0 Å². The lowest BCUT2D eigenvalue weighted by Crippen LogP contribution is -2.30. The third-order valence-corrected chi connectivity index (χ3v) is 6.08. The van der Waals surface area contributed by atoms with E-state index in [0.717, 1.165) is 0 Å². The van der Waals surface area contributed by atoms with Crippen molar-refractivity contribution in [2.24, 2.45) is 0 Å². The van der Waals surface area contributed by atoms with Crippen LogP contribution < -0.4 is 9.64 Å². The van der Waals surface area contributed by atoms with Crippen molar-refractivity contribution in [2.75, 3.05) is 11.5 Å². The number of phenols is 1. The van der Waals surface area contributed by atoms with Gasteiger partial charge in [-0.1, -0.05) is 35.9 Å². The zero-order valence-corrected chi connectivity index (χ0v) is 19.3. The fourth-order valence-electron chi connectivity index (χ4n) is 4.15. The highest BCUT2D eigenvalue weighted by atomic mass is 35.5. The Morgan fingerprint density at radius 2 is 1.86 bits per heavy atom. The molecule has 176 valence electrons. The number of aromatic amines is 1. The Morgan fingerprint density at radius 3 is 2.57 bits per heavy atom. The molecule has 2 heterocycles. The zero-order chi connectivity index (χ0) is 24.7. The smallest absolute Gasteiger partial charge is 0.302 e. The molecule has 4 aromatic rings. The number of para-hydroxylation sites is 2. The second-order valence-electron chi connectivity index (χ2n) is 7.92. The molecule has 1 saturated heterocycles. The number of carbonyl (C=O) groups excluding carboxylic acids is 2. The van der Waals surface area contributed by atoms with Crippen LogP contribution in [0.5, 0.6) is 11.5 Å². The predicted molar refractivity (Wildman–Crippen MR) is 132 cm³/mol. The molecule has 0 aliphatic carbocycles. The number of ketones is 1. The number of aliphatic hydroxyl groups excluding tert-OH is 1. The van der Waals surface area contributed by atoms with E-state index in [1.807, 2.05) is 12.1 Å². The van der Waals surface area contributed by atoms with Crippen LogP contribution in [0.1, 0.15) is 24.1 Å². The number of nitrogens with one attached hydrogen (secondary N) is 1. The number of aliphatic hydroxyl groups is 1. The Hall–Kier alpha value is -4.30. The minimum absolute atomic E-state index is 0.0218. The maximum absolute atomic E-state index is 13.3. The summed E-state index contributed by atoms with van der Waals surface area (Å²) in [4.78, 5) is 35.4. The third-order valence-electron chi connectivity index (χ3n) is 5.76. The van der Waals surface area contributed by atoms with E-state index in [0.29, 0.717) is 34.0 Å². The van der Waals surface area contributed by atoms with E-state index < -0.39 is 17.7 Å². The van der Waals surface area contributed by atoms with Crippen molar-refractivity contribution < 1.29 is 24.5 Å². The molecule has 1 aliphatic heterocycles. The molecule has 3 aromatic carbocycles. The summed E-state index contributed by atoms with van der Waals surface area (Å²) in [6.45, 7) is 2.15. The highest BCUT2D eigenvalue weighted by Crippen LogP contribution is 2.42. The molecule has 1 fully saturated rings. The largest absolute Gasteiger partial charge is 0.508 e. The van der Waals surface area contributed by atoms with Crippen LogP contribution in [-0.2, 0) is 9.59 Å². The lowest BCUT2D eigenvalue weighted by molar-refractivity contribution is -0.132. The number of hydrogen-bond donors (Lipinski definition) is 3. The van der Waals surface area contributed by atoms with Crippen molar-refractivity contribution >= 4 is 46.0 Å². The summed E-state index contributed by atoms with van der Waals surface area (Å²) in [5.74, 6) is -1.56. The molecule has 0 radical (unpaired) electrons. The quantitative estimate of drug-likeness (QED) is 0.207. The molecule has 1 atom stereocenters. The average Bonchev–Trinajstić information content (AvgIpc) is 3.39. The van der Waals surface area contributed by atoms with Crippen LogP contribution >= 0.6 is 11.6 Å². The van der Waals surface area contributed by atoms with Crippen molar-refractivity contribution in [1.82, 2.24) is 9.97 Å². The van der Waals surface area contributed by atoms with Gasteiger partial charge in [-0.2, -0.15) is 0 Å². The van der Waals surface area contributed by atoms with Crippen molar-refractivity contribution in [2.45, 2.75) is 13.0 Å². The van der Waals surface area contributed by atoms with E-state index in [-0.39, 0.29) is 28.6 Å². The summed E-state index contributed by atoms with van der Waals surface area (Å²) in [6, 6.07) is 16.9. The second kappa shape index (κ2) is 8.81. The van der Waals surface area contributed by atoms with Gasteiger partial charge in [-0.15, -0.1) is 0 Å². The molecule has 9 heteroatoms. The Morgan fingerprint density at radius 1 is 1.11 bits per heavy atom. The van der Waals surface area contributed by atoms with Gasteiger partial charge in [0, 0.05) is 5.56 Å². The first-order valence-electron chi connectivity index (χ1n) is 10.9. The molecule has 8 nitrogen and oxygen atoms in total. The lowest BCUT2D eigenvalue weighted by Gasteiger charge is -2.23. The zero-order valence-electron chi connectivity index (χ0n) is 18.5. The standard InChI is InChI=1S/C26H20ClN3O5/c1-2-35-20-13-15(9-12-17(20)27)23(32)21-22(14-7-10-16(31)11-8-14)30(25(34)24(21)33)26-28-18-5-3-4-6-19(18)29-26/h3-13,22,31-32H,2H2,1H3,(H,28,29)/b23-21+. The van der Waals surface area contributed by atoms with Gasteiger partial charge in [0.1, 0.15) is 17.3 Å². The number of phenolic OH excluding ortho intramolecular Hbond substituents is 1. The molecular weight excluding hydrogens is 470 g/mol. The summed E-state index contributed by atoms with van der Waals surface area (Å²) in [5.41, 5.74) is 1.96. The Kier molecular flexibility index (Phi) is 5.66. The molecule has 1 unspecified atom stereocenters. The van der Waals surface area contributed by atoms with Gasteiger partial charge in [0.15, 0.2) is 0 Å². The summed E-state index contributed by atoms with van der Waals surface area (Å²) in [7, 11) is 0. The van der Waals surface area contributed by atoms with Crippen molar-refractivity contribution in [3.8, 4) is 11.5 Å². The number of ether oxygens (including phenoxy) is 1. The minimum Gasteiger partial charge on any atom is -0.508 e. The maximum atomic E-state index is 13.3. The second-order valence-corrected chi connectivity index (χ2v) is 8.32. The normalized spacial score (nSPS) is 17.3. The molecule has 1 amide bonds. The highest BCUT2D eigenvalue weighted by Gasteiger charge is 2.48. The molecular formula is C26H20ClN3O5. The fourth-order valence-corrected chi connectivity index (χ4v) is 4.32. The number of aromatic hydroxyl groups is 1. The number of amides is 1. The Balaban J connectivity index is 1.71. The van der Waals surface area contributed by atoms with Crippen LogP contribution in [0.15, 0.2) is 72.3 Å². The molecule has 35 heavy (non-hydrogen) atoms. The number of anilines is 1. The number of imidazole rings is 1. The van der Waals surface area contributed by atoms with Gasteiger partial charge < -0.3 is 19.9 Å². The Bertz CT molecular complexity index is 1460. The van der Waals surface area contributed by atoms with Crippen molar-refractivity contribution in [3.63, 3.8) is 0 Å². The van der Waals surface area contributed by atoms with Gasteiger partial charge in [0.2, 0.25) is 5.95 Å². The molecule has 5 rings (SSSR count). The van der Waals surface area contributed by atoms with Gasteiger partial charge in [0.25, 0.3) is 5.78 Å². The van der Waals surface area contributed by atoms with E-state index in [4.69, 9.17) is 16.3 Å². The molecule has 3 N–H and O–H groups in total. The van der Waals surface area contributed by atoms with Crippen LogP contribution in [0.3, 0.4) is 0 Å². The summed E-state index contributed by atoms with van der Waals surface area (Å²) >= 11 is 6.18. The number of fused-ring (bicyclic) bond motifs is 1. The number of Topliss-reactive ketones (excluding diaryl/α,β-unsaturated/α-hetero) is 1. The number of carbonyl (C=O) groups is 2. The predicted octanol–water partition coefficient (Wildman–Crippen LogP) is 4.95. The van der Waals surface area contributed by atoms with Crippen molar-refractivity contribution in [3.05, 3.63) is 88.5 Å². The van der Waals surface area contributed by atoms with E-state index >= 15 is 0 Å². The van der Waals surface area contributed by atoms with Gasteiger partial charge in [0.05, 0.1) is 34.3 Å². The van der Waals surface area contributed by atoms with Crippen LogP contribution in [0.2, 0.25) is 5.02 Å². The number of halogens is 1. The molecule has 1 aliphatic rings. The summed E-state index contributed by atoms with van der Waals surface area (Å²) in [5, 5.41) is 21.4. The van der Waals surface area contributed by atoms with Gasteiger partial charge >= 0.3 is 5.91 Å². The fraction of sp³-hybridized carbons (Fsp3) is 0.115. The summed E-state index contributed by atoms with van der Waals surface area (Å²) in [6.07, 6.45) is 0. The topological polar surface area (TPSA) is 116 Å². The number of H-pyrrole nitrogens is 1. The number of benzene rings is 3. The first-order valence-corrected chi connectivity index (χ1v) is 11.2. The highest BCUT2D eigenvalue weighted by molar-refractivity contribution is 6.51. The van der Waals surface area contributed by atoms with E-state index in [9.17, 15) is 19.8 Å². The van der Waals surface area contributed by atoms with Gasteiger partial charge in [-0.25, -0.2) is 4.98 Å². The van der Waals surface area contributed by atoms with Crippen molar-refractivity contribution in [1.29, 1.82) is 0 Å². The van der Waals surface area contributed by atoms with Gasteiger partial charge in [-0.3, -0.25) is 14.5 Å². The maximum Gasteiger partial charge on any atom is 0.302 e. The molecule has 0 saturated carbocycles. The van der Waals surface area contributed by atoms with Crippen LogP contribution in [0, 0.1) is 0 Å². The number of aromatic nitrogens is 2. The lowest BCUT2D eigenvalue weighted by atomic mass is 9.95. The molecule has 0 spiro atoms. The van der Waals surface area contributed by atoms with E-state index in [2.05, 4.69) is 9.97 Å². The van der Waals surface area contributed by atoms with Crippen LogP contribution in [0.4, 0.5) is 5.95 Å². The Labute approximate surface area is 205 Å². The first-order chi connectivity index (χ1) is 16.9. The molecule has 0 bridgehead atoms. The SMILES string of the molecule is CCOc1cc(/C(O)=C2\C(=O)C(=O)N(c3nc4ccccc4[nH]3)C2c2ccc(O)cc2)ccc1Cl.